The van der Waals surface area contributed by atoms with Gasteiger partial charge < -0.3 is 10.2 Å². The molecule has 5 aliphatic rings. The number of hydrogen-bond acceptors (Lipinski definition) is 4. The molecule has 0 bridgehead atoms. The molecule has 0 saturated heterocycles. The van der Waals surface area contributed by atoms with E-state index in [1.807, 2.05) is 0 Å². The van der Waals surface area contributed by atoms with Gasteiger partial charge in [0.05, 0.1) is 17.5 Å². The Morgan fingerprint density at radius 2 is 1.62 bits per heavy atom. The van der Waals surface area contributed by atoms with Gasteiger partial charge in [-0.25, -0.2) is 13.1 Å². The topological polar surface area (TPSA) is 86.6 Å². The summed E-state index contributed by atoms with van der Waals surface area (Å²) in [7, 11) is -3.10. The van der Waals surface area contributed by atoms with Crippen LogP contribution in [0.15, 0.2) is 0 Å². The van der Waals surface area contributed by atoms with Crippen LogP contribution in [0.3, 0.4) is 0 Å². The molecule has 0 spiro atoms. The Balaban J connectivity index is 1.32. The van der Waals surface area contributed by atoms with Crippen LogP contribution in [0, 0.1) is 52.3 Å². The van der Waals surface area contributed by atoms with Crippen LogP contribution in [0.2, 0.25) is 0 Å². The van der Waals surface area contributed by atoms with Crippen LogP contribution < -0.4 is 4.72 Å². The largest absolute Gasteiger partial charge is 0.393 e. The van der Waals surface area contributed by atoms with Crippen LogP contribution >= 0.6 is 0 Å². The number of aliphatic hydroxyl groups excluding tert-OH is 2. The molecule has 0 unspecified atom stereocenters. The summed E-state index contributed by atoms with van der Waals surface area (Å²) in [5.74, 6) is 3.36. The van der Waals surface area contributed by atoms with Gasteiger partial charge in [0.15, 0.2) is 0 Å². The lowest BCUT2D eigenvalue weighted by Gasteiger charge is -2.64. The maximum Gasteiger partial charge on any atom is 0.214 e. The van der Waals surface area contributed by atoms with Crippen LogP contribution in [-0.2, 0) is 10.0 Å². The molecule has 0 heterocycles. The van der Waals surface area contributed by atoms with Gasteiger partial charge in [0, 0.05) is 6.54 Å². The predicted molar refractivity (Wildman–Crippen MR) is 136 cm³/mol. The van der Waals surface area contributed by atoms with E-state index in [0.29, 0.717) is 48.0 Å². The van der Waals surface area contributed by atoms with Gasteiger partial charge in [-0.3, -0.25) is 0 Å². The van der Waals surface area contributed by atoms with E-state index >= 15 is 0 Å². The molecule has 3 N–H and O–H groups in total. The van der Waals surface area contributed by atoms with E-state index in [0.717, 1.165) is 44.9 Å². The van der Waals surface area contributed by atoms with Crippen molar-refractivity contribution in [3.8, 4) is 0 Å². The lowest BCUT2D eigenvalue weighted by Crippen LogP contribution is -2.62. The second-order valence-electron chi connectivity index (χ2n) is 13.5. The molecular formula is C28H49NO4S. The van der Waals surface area contributed by atoms with Crippen molar-refractivity contribution in [2.45, 2.75) is 116 Å². The minimum absolute atomic E-state index is 0.142. The molecule has 0 amide bonds. The Labute approximate surface area is 207 Å². The van der Waals surface area contributed by atoms with Gasteiger partial charge in [-0.2, -0.15) is 0 Å². The van der Waals surface area contributed by atoms with Crippen molar-refractivity contribution in [2.24, 2.45) is 52.3 Å². The first-order valence-corrected chi connectivity index (χ1v) is 15.9. The summed E-state index contributed by atoms with van der Waals surface area (Å²) in [4.78, 5) is 0. The lowest BCUT2D eigenvalue weighted by molar-refractivity contribution is -0.203. The number of sulfonamides is 1. The quantitative estimate of drug-likeness (QED) is 0.477. The minimum Gasteiger partial charge on any atom is -0.393 e. The number of rotatable bonds is 7. The number of fused-ring (bicyclic) bond motifs is 5. The summed E-state index contributed by atoms with van der Waals surface area (Å²) in [6.45, 7) is 10.1. The van der Waals surface area contributed by atoms with Gasteiger partial charge in [-0.05, 0) is 116 Å². The van der Waals surface area contributed by atoms with Gasteiger partial charge in [-0.1, -0.05) is 34.1 Å². The van der Waals surface area contributed by atoms with E-state index in [1.54, 1.807) is 0 Å². The highest BCUT2D eigenvalue weighted by atomic mass is 32.2. The second-order valence-corrected chi connectivity index (χ2v) is 15.6. The van der Waals surface area contributed by atoms with Crippen molar-refractivity contribution in [1.82, 2.24) is 4.72 Å². The maximum absolute atomic E-state index is 12.3. The summed E-state index contributed by atoms with van der Waals surface area (Å²) < 4.78 is 27.4. The van der Waals surface area contributed by atoms with Gasteiger partial charge >= 0.3 is 0 Å². The van der Waals surface area contributed by atoms with Crippen LogP contribution in [0.1, 0.15) is 98.3 Å². The van der Waals surface area contributed by atoms with Crippen LogP contribution in [-0.4, -0.2) is 42.6 Å². The highest BCUT2D eigenvalue weighted by Gasteiger charge is 2.64. The third-order valence-corrected chi connectivity index (χ3v) is 14.0. The fraction of sp³-hybridized carbons (Fsp3) is 1.00. The van der Waals surface area contributed by atoms with E-state index in [1.165, 1.54) is 25.7 Å². The third-order valence-electron chi connectivity index (χ3n) is 12.0. The fourth-order valence-electron chi connectivity index (χ4n) is 10.1. The Hall–Kier alpha value is -0.170. The smallest absolute Gasteiger partial charge is 0.214 e. The molecule has 5 aliphatic carbocycles. The van der Waals surface area contributed by atoms with E-state index in [9.17, 15) is 18.6 Å². The fourth-order valence-corrected chi connectivity index (χ4v) is 11.5. The highest BCUT2D eigenvalue weighted by Crippen LogP contribution is 2.69. The molecule has 5 nitrogen and oxygen atoms in total. The Bertz CT molecular complexity index is 858. The summed E-state index contributed by atoms with van der Waals surface area (Å²) >= 11 is 0. The van der Waals surface area contributed by atoms with Crippen molar-refractivity contribution in [1.29, 1.82) is 0 Å². The molecule has 0 aromatic carbocycles. The average molecular weight is 496 g/mol. The standard InChI is InChI=1S/C28H49NO4S/c1-5-20-24-16-18(30)10-13-28(24,4)23-11-14-27(3)21(8-9-22(27)25(23)26(20)31)17(2)12-15-29-34(32,33)19-6-7-19/h17-26,29-31H,5-16H2,1-4H3/t17-,18-,20-,21-,22+,23+,24+,25+,26-,27-,28-/m1/s1. The van der Waals surface area contributed by atoms with Gasteiger partial charge in [0.1, 0.15) is 0 Å². The highest BCUT2D eigenvalue weighted by molar-refractivity contribution is 7.90. The molecule has 11 atom stereocenters. The molecule has 5 rings (SSSR count). The van der Waals surface area contributed by atoms with Crippen molar-refractivity contribution in [3.05, 3.63) is 0 Å². The minimum atomic E-state index is -3.10. The number of hydrogen-bond donors (Lipinski definition) is 3. The predicted octanol–water partition coefficient (Wildman–Crippen LogP) is 4.72. The molecule has 0 aromatic heterocycles. The van der Waals surface area contributed by atoms with E-state index in [4.69, 9.17) is 0 Å². The van der Waals surface area contributed by atoms with Crippen LogP contribution in [0.5, 0.6) is 0 Å². The van der Waals surface area contributed by atoms with Crippen molar-refractivity contribution in [3.63, 3.8) is 0 Å². The van der Waals surface area contributed by atoms with Gasteiger partial charge in [-0.15, -0.1) is 0 Å². The lowest BCUT2D eigenvalue weighted by atomic mass is 9.41. The second kappa shape index (κ2) is 8.99. The molecule has 5 saturated carbocycles. The first kappa shape index (κ1) is 25.5. The van der Waals surface area contributed by atoms with E-state index in [2.05, 4.69) is 32.4 Å². The Kier molecular flexibility index (Phi) is 6.74. The Morgan fingerprint density at radius 1 is 0.941 bits per heavy atom. The third kappa shape index (κ3) is 4.01. The molecule has 6 heteroatoms. The van der Waals surface area contributed by atoms with E-state index < -0.39 is 10.0 Å². The summed E-state index contributed by atoms with van der Waals surface area (Å²) in [5.41, 5.74) is 0.489. The monoisotopic (exact) mass is 495 g/mol. The normalized spacial score (nSPS) is 49.7. The Morgan fingerprint density at radius 3 is 2.29 bits per heavy atom. The van der Waals surface area contributed by atoms with Crippen molar-refractivity contribution >= 4 is 10.0 Å². The molecule has 196 valence electrons. The molecule has 0 aliphatic heterocycles. The van der Waals surface area contributed by atoms with Crippen LogP contribution in [0.4, 0.5) is 0 Å². The average Bonchev–Trinajstić information content (AvgIpc) is 3.58. The number of aliphatic hydroxyl groups is 2. The van der Waals surface area contributed by atoms with E-state index in [-0.39, 0.29) is 28.3 Å². The molecule has 0 aromatic rings. The van der Waals surface area contributed by atoms with Crippen molar-refractivity contribution in [2.75, 3.05) is 6.54 Å². The first-order valence-electron chi connectivity index (χ1n) is 14.4. The summed E-state index contributed by atoms with van der Waals surface area (Å²) in [6, 6.07) is 0. The maximum atomic E-state index is 12.3. The molecule has 0 radical (unpaired) electrons. The van der Waals surface area contributed by atoms with Gasteiger partial charge in [0.2, 0.25) is 10.0 Å². The molecule has 5 fully saturated rings. The SMILES string of the molecule is CC[C@H]1[C@@H](O)[C@@H]2[C@H](CC[C@]3(C)[C@@H]([C@H](C)CCNS(=O)(=O)C4CC4)CC[C@@H]23)[C@@]2(C)CC[C@@H](O)C[C@@H]12. The zero-order chi connectivity index (χ0) is 24.5. The zero-order valence-corrected chi connectivity index (χ0v) is 22.7. The number of nitrogens with one attached hydrogen (secondary N) is 1. The summed E-state index contributed by atoms with van der Waals surface area (Å²) in [5, 5.41) is 22.2. The first-order chi connectivity index (χ1) is 16.0. The van der Waals surface area contributed by atoms with Gasteiger partial charge in [0.25, 0.3) is 0 Å². The molecule has 34 heavy (non-hydrogen) atoms. The molecular weight excluding hydrogens is 446 g/mol. The zero-order valence-electron chi connectivity index (χ0n) is 21.9. The summed E-state index contributed by atoms with van der Waals surface area (Å²) in [6.07, 6.45) is 10.8. The van der Waals surface area contributed by atoms with Crippen LogP contribution in [0.25, 0.3) is 0 Å². The van der Waals surface area contributed by atoms with Crippen molar-refractivity contribution < 1.29 is 18.6 Å².